The molecule has 0 saturated carbocycles. The number of likely N-dealkylation sites (tertiary alicyclic amines) is 1. The number of hydrogen-bond donors (Lipinski definition) is 0. The summed E-state index contributed by atoms with van der Waals surface area (Å²) in [7, 11) is 0. The maximum atomic E-state index is 11.4. The summed E-state index contributed by atoms with van der Waals surface area (Å²) in [5.74, 6) is -0.0110. The number of carbonyl (C=O) groups is 2. The summed E-state index contributed by atoms with van der Waals surface area (Å²) in [5.41, 5.74) is 0. The Labute approximate surface area is 84.2 Å². The average molecular weight is 199 g/mol. The zero-order valence-electron chi connectivity index (χ0n) is 8.78. The lowest BCUT2D eigenvalue weighted by Gasteiger charge is -2.28. The van der Waals surface area contributed by atoms with Gasteiger partial charge in [-0.05, 0) is 13.8 Å². The van der Waals surface area contributed by atoms with Gasteiger partial charge in [0.15, 0.2) is 0 Å². The number of amides is 1. The number of ketones is 1. The van der Waals surface area contributed by atoms with Crippen molar-refractivity contribution in [3.8, 4) is 0 Å². The molecule has 1 fully saturated rings. The second kappa shape index (κ2) is 5.10. The standard InChI is InChI=1S/C10H17NO3/c1-3-14-8(2)7-11-5-4-9(12)6-10(11)13/h8H,3-7H2,1-2H3. The van der Waals surface area contributed by atoms with Gasteiger partial charge in [0.25, 0.3) is 0 Å². The molecule has 1 heterocycles. The van der Waals surface area contributed by atoms with Gasteiger partial charge in [-0.2, -0.15) is 0 Å². The first kappa shape index (κ1) is 11.2. The second-order valence-corrected chi connectivity index (χ2v) is 3.57. The first-order valence-electron chi connectivity index (χ1n) is 5.04. The molecule has 0 aromatic heterocycles. The minimum absolute atomic E-state index is 0.0512. The molecule has 1 amide bonds. The molecule has 80 valence electrons. The van der Waals surface area contributed by atoms with E-state index in [1.165, 1.54) is 0 Å². The molecule has 1 aliphatic heterocycles. The van der Waals surface area contributed by atoms with E-state index in [9.17, 15) is 9.59 Å². The van der Waals surface area contributed by atoms with Crippen LogP contribution < -0.4 is 0 Å². The number of ether oxygens (including phenoxy) is 1. The van der Waals surface area contributed by atoms with Gasteiger partial charge in [0.1, 0.15) is 5.78 Å². The summed E-state index contributed by atoms with van der Waals surface area (Å²) in [6.45, 7) is 5.67. The molecule has 0 bridgehead atoms. The van der Waals surface area contributed by atoms with Crippen LogP contribution in [0.15, 0.2) is 0 Å². The number of carbonyl (C=O) groups excluding carboxylic acids is 2. The molecule has 4 heteroatoms. The van der Waals surface area contributed by atoms with E-state index >= 15 is 0 Å². The lowest BCUT2D eigenvalue weighted by atomic mass is 10.1. The molecule has 1 saturated heterocycles. The third kappa shape index (κ3) is 3.10. The van der Waals surface area contributed by atoms with Gasteiger partial charge in [-0.15, -0.1) is 0 Å². The van der Waals surface area contributed by atoms with Gasteiger partial charge in [0, 0.05) is 26.1 Å². The maximum absolute atomic E-state index is 11.4. The molecule has 1 rings (SSSR count). The highest BCUT2D eigenvalue weighted by Crippen LogP contribution is 2.08. The number of Topliss-reactive ketones (excluding diaryl/α,β-unsaturated/α-hetero) is 1. The third-order valence-electron chi connectivity index (χ3n) is 2.29. The van der Waals surface area contributed by atoms with Crippen LogP contribution >= 0.6 is 0 Å². The highest BCUT2D eigenvalue weighted by Gasteiger charge is 2.24. The number of hydrogen-bond acceptors (Lipinski definition) is 3. The van der Waals surface area contributed by atoms with Crippen LogP contribution in [0, 0.1) is 0 Å². The van der Waals surface area contributed by atoms with Crippen molar-refractivity contribution in [2.75, 3.05) is 19.7 Å². The molecule has 0 aliphatic carbocycles. The van der Waals surface area contributed by atoms with E-state index in [2.05, 4.69) is 0 Å². The molecular weight excluding hydrogens is 182 g/mol. The number of rotatable bonds is 4. The summed E-state index contributed by atoms with van der Waals surface area (Å²) in [4.78, 5) is 24.1. The topological polar surface area (TPSA) is 46.6 Å². The first-order chi connectivity index (χ1) is 6.63. The first-order valence-corrected chi connectivity index (χ1v) is 5.04. The SMILES string of the molecule is CCOC(C)CN1CCC(=O)CC1=O. The van der Waals surface area contributed by atoms with Crippen molar-refractivity contribution in [3.05, 3.63) is 0 Å². The molecule has 0 radical (unpaired) electrons. The minimum Gasteiger partial charge on any atom is -0.377 e. The minimum atomic E-state index is -0.0622. The van der Waals surface area contributed by atoms with Crippen LogP contribution in [0.2, 0.25) is 0 Å². The third-order valence-corrected chi connectivity index (χ3v) is 2.29. The van der Waals surface area contributed by atoms with Gasteiger partial charge < -0.3 is 9.64 Å². The van der Waals surface area contributed by atoms with E-state index in [0.717, 1.165) is 0 Å². The fourth-order valence-electron chi connectivity index (χ4n) is 1.59. The normalized spacial score (nSPS) is 20.0. The zero-order valence-corrected chi connectivity index (χ0v) is 8.78. The van der Waals surface area contributed by atoms with Gasteiger partial charge in [-0.1, -0.05) is 0 Å². The van der Waals surface area contributed by atoms with Crippen molar-refractivity contribution in [2.45, 2.75) is 32.8 Å². The van der Waals surface area contributed by atoms with Gasteiger partial charge >= 0.3 is 0 Å². The van der Waals surface area contributed by atoms with Crippen LogP contribution in [0.4, 0.5) is 0 Å². The molecule has 0 N–H and O–H groups in total. The van der Waals surface area contributed by atoms with E-state index in [1.807, 2.05) is 13.8 Å². The molecule has 1 unspecified atom stereocenters. The quantitative estimate of drug-likeness (QED) is 0.623. The highest BCUT2D eigenvalue weighted by atomic mass is 16.5. The average Bonchev–Trinajstić information content (AvgIpc) is 2.10. The van der Waals surface area contributed by atoms with Gasteiger partial charge in [0.2, 0.25) is 5.91 Å². The van der Waals surface area contributed by atoms with Crippen LogP contribution in [0.5, 0.6) is 0 Å². The van der Waals surface area contributed by atoms with Crippen LogP contribution in [0.1, 0.15) is 26.7 Å². The largest absolute Gasteiger partial charge is 0.377 e. The summed E-state index contributed by atoms with van der Waals surface area (Å²) in [5, 5.41) is 0. The Hall–Kier alpha value is -0.900. The molecule has 0 spiro atoms. The summed E-state index contributed by atoms with van der Waals surface area (Å²) in [6, 6.07) is 0. The van der Waals surface area contributed by atoms with Crippen molar-refractivity contribution in [1.82, 2.24) is 4.90 Å². The van der Waals surface area contributed by atoms with E-state index in [-0.39, 0.29) is 24.2 Å². The van der Waals surface area contributed by atoms with Crippen LogP contribution in [0.3, 0.4) is 0 Å². The van der Waals surface area contributed by atoms with Crippen molar-refractivity contribution >= 4 is 11.7 Å². The van der Waals surface area contributed by atoms with Crippen LogP contribution in [-0.4, -0.2) is 42.4 Å². The highest BCUT2D eigenvalue weighted by molar-refractivity contribution is 6.00. The van der Waals surface area contributed by atoms with E-state index < -0.39 is 0 Å². The Morgan fingerprint density at radius 2 is 2.21 bits per heavy atom. The lowest BCUT2D eigenvalue weighted by Crippen LogP contribution is -2.43. The van der Waals surface area contributed by atoms with Gasteiger partial charge in [-0.25, -0.2) is 0 Å². The smallest absolute Gasteiger partial charge is 0.230 e. The van der Waals surface area contributed by atoms with E-state index in [0.29, 0.717) is 26.1 Å². The van der Waals surface area contributed by atoms with Gasteiger partial charge in [0.05, 0.1) is 12.5 Å². The summed E-state index contributed by atoms with van der Waals surface area (Å²) >= 11 is 0. The Morgan fingerprint density at radius 1 is 1.50 bits per heavy atom. The molecule has 14 heavy (non-hydrogen) atoms. The lowest BCUT2D eigenvalue weighted by molar-refractivity contribution is -0.140. The molecule has 4 nitrogen and oxygen atoms in total. The van der Waals surface area contributed by atoms with E-state index in [4.69, 9.17) is 4.74 Å². The van der Waals surface area contributed by atoms with Crippen molar-refractivity contribution in [2.24, 2.45) is 0 Å². The Kier molecular flexibility index (Phi) is 4.07. The Balaban J connectivity index is 2.37. The van der Waals surface area contributed by atoms with Crippen molar-refractivity contribution in [3.63, 3.8) is 0 Å². The summed E-state index contributed by atoms with van der Waals surface area (Å²) < 4.78 is 5.34. The van der Waals surface area contributed by atoms with Gasteiger partial charge in [-0.3, -0.25) is 9.59 Å². The predicted molar refractivity (Wildman–Crippen MR) is 51.9 cm³/mol. The van der Waals surface area contributed by atoms with Crippen LogP contribution in [-0.2, 0) is 14.3 Å². The van der Waals surface area contributed by atoms with Crippen molar-refractivity contribution < 1.29 is 14.3 Å². The maximum Gasteiger partial charge on any atom is 0.230 e. The molecule has 0 aromatic rings. The fourth-order valence-corrected chi connectivity index (χ4v) is 1.59. The molecular formula is C10H17NO3. The number of nitrogens with zero attached hydrogens (tertiary/aromatic N) is 1. The predicted octanol–water partition coefficient (Wildman–Crippen LogP) is 0.603. The Bertz CT molecular complexity index is 227. The number of piperidine rings is 1. The Morgan fingerprint density at radius 3 is 2.79 bits per heavy atom. The monoisotopic (exact) mass is 199 g/mol. The molecule has 0 aromatic carbocycles. The van der Waals surface area contributed by atoms with Crippen LogP contribution in [0.25, 0.3) is 0 Å². The summed E-state index contributed by atoms with van der Waals surface area (Å²) in [6.07, 6.45) is 0.612. The van der Waals surface area contributed by atoms with E-state index in [1.54, 1.807) is 4.90 Å². The molecule has 1 aliphatic rings. The van der Waals surface area contributed by atoms with Crippen molar-refractivity contribution in [1.29, 1.82) is 0 Å². The zero-order chi connectivity index (χ0) is 10.6. The molecule has 1 atom stereocenters. The fraction of sp³-hybridized carbons (Fsp3) is 0.800. The second-order valence-electron chi connectivity index (χ2n) is 3.57.